The maximum absolute atomic E-state index is 12.8. The predicted molar refractivity (Wildman–Crippen MR) is 119 cm³/mol. The third kappa shape index (κ3) is 4.69. The lowest BCUT2D eigenvalue weighted by Crippen LogP contribution is -2.39. The molecular formula is C25H29N3O3. The summed E-state index contributed by atoms with van der Waals surface area (Å²) in [5.74, 6) is -0.875. The SMILES string of the molecule is CC1CCCCN1CCCNC(=O)c1ccc2c(c1)C(=O)N(Cc1ccccc1)C2=O. The Morgan fingerprint density at radius 1 is 1.03 bits per heavy atom. The average molecular weight is 420 g/mol. The van der Waals surface area contributed by atoms with Crippen LogP contribution in [0.2, 0.25) is 0 Å². The summed E-state index contributed by atoms with van der Waals surface area (Å²) in [6.45, 7) is 5.19. The second-order valence-electron chi connectivity index (χ2n) is 8.43. The molecule has 1 unspecified atom stereocenters. The van der Waals surface area contributed by atoms with Crippen molar-refractivity contribution in [1.82, 2.24) is 15.1 Å². The van der Waals surface area contributed by atoms with Crippen molar-refractivity contribution >= 4 is 17.7 Å². The number of carbonyl (C=O) groups excluding carboxylic acids is 3. The first-order valence-electron chi connectivity index (χ1n) is 11.1. The van der Waals surface area contributed by atoms with Crippen LogP contribution < -0.4 is 5.32 Å². The lowest BCUT2D eigenvalue weighted by atomic mass is 10.0. The van der Waals surface area contributed by atoms with E-state index in [0.29, 0.717) is 29.3 Å². The van der Waals surface area contributed by atoms with Crippen LogP contribution in [0.3, 0.4) is 0 Å². The van der Waals surface area contributed by atoms with E-state index in [1.807, 2.05) is 30.3 Å². The molecule has 2 aromatic carbocycles. The molecule has 31 heavy (non-hydrogen) atoms. The van der Waals surface area contributed by atoms with Crippen LogP contribution in [-0.4, -0.2) is 53.2 Å². The molecule has 0 spiro atoms. The van der Waals surface area contributed by atoms with Gasteiger partial charge in [0.25, 0.3) is 17.7 Å². The summed E-state index contributed by atoms with van der Waals surface area (Å²) in [5, 5.41) is 2.95. The molecular weight excluding hydrogens is 390 g/mol. The Morgan fingerprint density at radius 2 is 1.81 bits per heavy atom. The maximum Gasteiger partial charge on any atom is 0.261 e. The number of nitrogens with one attached hydrogen (secondary N) is 1. The number of hydrogen-bond donors (Lipinski definition) is 1. The number of hydrogen-bond acceptors (Lipinski definition) is 4. The van der Waals surface area contributed by atoms with Crippen LogP contribution in [0.15, 0.2) is 48.5 Å². The minimum absolute atomic E-state index is 0.212. The van der Waals surface area contributed by atoms with Crippen molar-refractivity contribution < 1.29 is 14.4 Å². The highest BCUT2D eigenvalue weighted by molar-refractivity contribution is 6.22. The molecule has 162 valence electrons. The Labute approximate surface area is 183 Å². The first-order valence-corrected chi connectivity index (χ1v) is 11.1. The third-order valence-corrected chi connectivity index (χ3v) is 6.26. The van der Waals surface area contributed by atoms with Crippen LogP contribution in [0.4, 0.5) is 0 Å². The van der Waals surface area contributed by atoms with Crippen molar-refractivity contribution in [2.24, 2.45) is 0 Å². The van der Waals surface area contributed by atoms with Gasteiger partial charge in [0.15, 0.2) is 0 Å². The van der Waals surface area contributed by atoms with Gasteiger partial charge in [-0.05, 0) is 56.5 Å². The fraction of sp³-hybridized carbons (Fsp3) is 0.400. The summed E-state index contributed by atoms with van der Waals surface area (Å²) < 4.78 is 0. The van der Waals surface area contributed by atoms with Gasteiger partial charge in [-0.25, -0.2) is 0 Å². The molecule has 6 nitrogen and oxygen atoms in total. The second-order valence-corrected chi connectivity index (χ2v) is 8.43. The van der Waals surface area contributed by atoms with E-state index in [-0.39, 0.29) is 24.3 Å². The molecule has 4 rings (SSSR count). The Bertz CT molecular complexity index is 973. The molecule has 3 amide bonds. The number of fused-ring (bicyclic) bond motifs is 1. The van der Waals surface area contributed by atoms with Crippen molar-refractivity contribution in [3.63, 3.8) is 0 Å². The van der Waals surface area contributed by atoms with Gasteiger partial charge in [0.1, 0.15) is 0 Å². The van der Waals surface area contributed by atoms with Crippen LogP contribution in [0, 0.1) is 0 Å². The highest BCUT2D eigenvalue weighted by Crippen LogP contribution is 2.25. The molecule has 1 saturated heterocycles. The molecule has 0 aliphatic carbocycles. The highest BCUT2D eigenvalue weighted by Gasteiger charge is 2.36. The molecule has 1 fully saturated rings. The second kappa shape index (κ2) is 9.43. The number of amides is 3. The van der Waals surface area contributed by atoms with E-state index in [1.165, 1.54) is 24.2 Å². The number of likely N-dealkylation sites (tertiary alicyclic amines) is 1. The first kappa shape index (κ1) is 21.2. The van der Waals surface area contributed by atoms with Gasteiger partial charge in [0, 0.05) is 24.7 Å². The minimum atomic E-state index is -0.349. The number of imide groups is 1. The largest absolute Gasteiger partial charge is 0.352 e. The van der Waals surface area contributed by atoms with E-state index < -0.39 is 0 Å². The molecule has 2 aromatic rings. The van der Waals surface area contributed by atoms with Gasteiger partial charge in [-0.2, -0.15) is 0 Å². The monoisotopic (exact) mass is 419 g/mol. The normalized spacial score (nSPS) is 18.9. The van der Waals surface area contributed by atoms with Crippen molar-refractivity contribution in [3.8, 4) is 0 Å². The van der Waals surface area contributed by atoms with Gasteiger partial charge < -0.3 is 10.2 Å². The van der Waals surface area contributed by atoms with Crippen LogP contribution in [0.5, 0.6) is 0 Å². The number of piperidine rings is 1. The van der Waals surface area contributed by atoms with Crippen molar-refractivity contribution in [2.45, 2.75) is 45.2 Å². The fourth-order valence-corrected chi connectivity index (χ4v) is 4.42. The van der Waals surface area contributed by atoms with Crippen LogP contribution in [-0.2, 0) is 6.54 Å². The van der Waals surface area contributed by atoms with Crippen LogP contribution in [0.25, 0.3) is 0 Å². The molecule has 0 radical (unpaired) electrons. The summed E-state index contributed by atoms with van der Waals surface area (Å²) in [5.41, 5.74) is 1.96. The molecule has 1 atom stereocenters. The smallest absolute Gasteiger partial charge is 0.261 e. The van der Waals surface area contributed by atoms with E-state index in [2.05, 4.69) is 17.1 Å². The summed E-state index contributed by atoms with van der Waals surface area (Å²) in [6, 6.07) is 14.8. The quantitative estimate of drug-likeness (QED) is 0.551. The Hall–Kier alpha value is -2.99. The molecule has 0 aromatic heterocycles. The summed E-state index contributed by atoms with van der Waals surface area (Å²) in [7, 11) is 0. The first-order chi connectivity index (χ1) is 15.0. The van der Waals surface area contributed by atoms with Gasteiger partial charge in [-0.3, -0.25) is 19.3 Å². The van der Waals surface area contributed by atoms with Crippen molar-refractivity contribution in [3.05, 3.63) is 70.8 Å². The van der Waals surface area contributed by atoms with E-state index in [0.717, 1.165) is 25.1 Å². The number of carbonyl (C=O) groups is 3. The number of rotatable bonds is 7. The Kier molecular flexibility index (Phi) is 6.47. The molecule has 0 bridgehead atoms. The zero-order chi connectivity index (χ0) is 21.8. The zero-order valence-electron chi connectivity index (χ0n) is 18.0. The van der Waals surface area contributed by atoms with Crippen LogP contribution in [0.1, 0.15) is 69.2 Å². The molecule has 2 heterocycles. The molecule has 0 saturated carbocycles. The molecule has 2 aliphatic heterocycles. The average Bonchev–Trinajstić information content (AvgIpc) is 3.02. The van der Waals surface area contributed by atoms with Gasteiger partial charge in [-0.15, -0.1) is 0 Å². The van der Waals surface area contributed by atoms with Gasteiger partial charge in [0.2, 0.25) is 0 Å². The third-order valence-electron chi connectivity index (χ3n) is 6.26. The molecule has 2 aliphatic rings. The fourth-order valence-electron chi connectivity index (χ4n) is 4.42. The van der Waals surface area contributed by atoms with Crippen LogP contribution >= 0.6 is 0 Å². The standard InChI is InChI=1S/C25H29N3O3/c1-18-8-5-6-14-27(18)15-7-13-26-23(29)20-11-12-21-22(16-20)25(31)28(24(21)30)17-19-9-3-2-4-10-19/h2-4,9-12,16,18H,5-8,13-15,17H2,1H3,(H,26,29). The summed E-state index contributed by atoms with van der Waals surface area (Å²) >= 11 is 0. The van der Waals surface area contributed by atoms with Crippen molar-refractivity contribution in [1.29, 1.82) is 0 Å². The highest BCUT2D eigenvalue weighted by atomic mass is 16.2. The van der Waals surface area contributed by atoms with E-state index in [4.69, 9.17) is 0 Å². The molecule has 6 heteroatoms. The zero-order valence-corrected chi connectivity index (χ0v) is 18.0. The van der Waals surface area contributed by atoms with E-state index in [9.17, 15) is 14.4 Å². The Morgan fingerprint density at radius 3 is 2.58 bits per heavy atom. The van der Waals surface area contributed by atoms with Gasteiger partial charge in [-0.1, -0.05) is 36.8 Å². The maximum atomic E-state index is 12.8. The predicted octanol–water partition coefficient (Wildman–Crippen LogP) is 3.48. The van der Waals surface area contributed by atoms with E-state index >= 15 is 0 Å². The number of nitrogens with zero attached hydrogens (tertiary/aromatic N) is 2. The lowest BCUT2D eigenvalue weighted by molar-refractivity contribution is 0.0642. The Balaban J connectivity index is 1.35. The lowest BCUT2D eigenvalue weighted by Gasteiger charge is -2.33. The number of benzene rings is 2. The van der Waals surface area contributed by atoms with E-state index in [1.54, 1.807) is 18.2 Å². The summed E-state index contributed by atoms with van der Waals surface area (Å²) in [4.78, 5) is 41.8. The minimum Gasteiger partial charge on any atom is -0.352 e. The van der Waals surface area contributed by atoms with Crippen molar-refractivity contribution in [2.75, 3.05) is 19.6 Å². The topological polar surface area (TPSA) is 69.7 Å². The van der Waals surface area contributed by atoms with Gasteiger partial charge in [0.05, 0.1) is 17.7 Å². The summed E-state index contributed by atoms with van der Waals surface area (Å²) in [6.07, 6.45) is 4.69. The van der Waals surface area contributed by atoms with Gasteiger partial charge >= 0.3 is 0 Å². The molecule has 1 N–H and O–H groups in total.